The molecule has 4 saturated heterocycles. The molecule has 12 aromatic heterocycles. The van der Waals surface area contributed by atoms with Crippen molar-refractivity contribution < 1.29 is 27.0 Å². The number of likely N-dealkylation sites (N-methyl/N-ethyl adjacent to an activating group) is 3. The summed E-state index contributed by atoms with van der Waals surface area (Å²) in [7, 11) is 15.4. The van der Waals surface area contributed by atoms with Crippen molar-refractivity contribution in [3.63, 3.8) is 0 Å². The highest BCUT2D eigenvalue weighted by Crippen LogP contribution is 2.32. The van der Waals surface area contributed by atoms with Crippen LogP contribution < -0.4 is 57.0 Å². The number of aryl methyl sites for hydroxylation is 2. The van der Waals surface area contributed by atoms with Crippen molar-refractivity contribution in [2.24, 2.45) is 5.73 Å². The van der Waals surface area contributed by atoms with Crippen molar-refractivity contribution in [1.29, 1.82) is 0 Å². The first-order chi connectivity index (χ1) is 55.3. The third kappa shape index (κ3) is 16.6. The molecule has 0 bridgehead atoms. The van der Waals surface area contributed by atoms with Crippen molar-refractivity contribution >= 4 is 56.9 Å². The van der Waals surface area contributed by atoms with Gasteiger partial charge in [-0.15, -0.1) is 0 Å². The number of pyridine rings is 6. The first-order valence-electron chi connectivity index (χ1n) is 38.2. The zero-order valence-corrected chi connectivity index (χ0v) is 65.7. The molecule has 4 aliphatic rings. The Balaban J connectivity index is 0.000000121. The summed E-state index contributed by atoms with van der Waals surface area (Å²) in [4.78, 5) is 93.4. The lowest BCUT2D eigenvalue weighted by Crippen LogP contribution is -2.40. The van der Waals surface area contributed by atoms with Crippen molar-refractivity contribution in [2.45, 2.75) is 70.1 Å². The number of halogens is 4. The van der Waals surface area contributed by atoms with Crippen LogP contribution in [0, 0.1) is 37.1 Å². The predicted octanol–water partition coefficient (Wildman–Crippen LogP) is 10.3. The second kappa shape index (κ2) is 32.6. The van der Waals surface area contributed by atoms with E-state index in [-0.39, 0.29) is 51.1 Å². The van der Waals surface area contributed by atoms with Gasteiger partial charge in [0, 0.05) is 161 Å². The molecule has 2 aromatic carbocycles. The molecular weight excluding hydrogens is 1470 g/mol. The number of hydrogen-bond donors (Lipinski definition) is 1. The molecule has 18 rings (SSSR count). The summed E-state index contributed by atoms with van der Waals surface area (Å²) in [6, 6.07) is 34.9. The van der Waals surface area contributed by atoms with Gasteiger partial charge >= 0.3 is 0 Å². The first kappa shape index (κ1) is 77.9. The molecule has 14 aromatic rings. The maximum absolute atomic E-state index is 14.5. The van der Waals surface area contributed by atoms with E-state index in [1.54, 1.807) is 103 Å². The van der Waals surface area contributed by atoms with E-state index in [0.717, 1.165) is 118 Å². The predicted molar refractivity (Wildman–Crippen MR) is 440 cm³/mol. The Morgan fingerprint density at radius 2 is 0.713 bits per heavy atom. The van der Waals surface area contributed by atoms with Gasteiger partial charge in [-0.2, -0.15) is 0 Å². The summed E-state index contributed by atoms with van der Waals surface area (Å²) in [6.07, 6.45) is 19.1. The van der Waals surface area contributed by atoms with Crippen molar-refractivity contribution in [1.82, 2.24) is 71.0 Å². The molecule has 4 fully saturated rings. The molecule has 30 heteroatoms. The van der Waals surface area contributed by atoms with E-state index in [1.165, 1.54) is 59.4 Å². The summed E-state index contributed by atoms with van der Waals surface area (Å²) >= 11 is 0. The van der Waals surface area contributed by atoms with Crippen molar-refractivity contribution in [2.75, 3.05) is 128 Å². The van der Waals surface area contributed by atoms with Crippen LogP contribution in [0.5, 0.6) is 11.5 Å². The Hall–Kier alpha value is -12.4. The largest absolute Gasteiger partial charge is 0.494 e. The fraction of sp³-hybridized carbons (Fsp3) is 0.318. The first-order valence-corrected chi connectivity index (χ1v) is 38.2. The molecule has 26 nitrogen and oxygen atoms in total. The maximum Gasteiger partial charge on any atom is 0.259 e. The Morgan fingerprint density at radius 3 is 1.11 bits per heavy atom. The average molecular weight is 1560 g/mol. The average Bonchev–Trinajstić information content (AvgIpc) is 1.75. The number of rotatable bonds is 13. The van der Waals surface area contributed by atoms with Gasteiger partial charge in [-0.25, -0.2) is 47.5 Å². The molecular formula is C85H90F4N20O6. The molecule has 0 spiro atoms. The fourth-order valence-corrected chi connectivity index (χ4v) is 15.3. The summed E-state index contributed by atoms with van der Waals surface area (Å²) in [6.45, 7) is 10.7. The Bertz CT molecular complexity index is 6070. The van der Waals surface area contributed by atoms with E-state index in [1.807, 2.05) is 62.6 Å². The van der Waals surface area contributed by atoms with Crippen LogP contribution in [0.2, 0.25) is 0 Å². The number of imidazole rings is 2. The Kier molecular flexibility index (Phi) is 22.1. The highest BCUT2D eigenvalue weighted by Gasteiger charge is 2.29. The Morgan fingerprint density at radius 1 is 0.365 bits per heavy atom. The number of benzene rings is 2. The van der Waals surface area contributed by atoms with Crippen LogP contribution in [-0.4, -0.2) is 204 Å². The molecule has 0 saturated carbocycles. The minimum atomic E-state index is -0.445. The standard InChI is InChI=1S/2C22H23FN6O.C21H23FN4O2.C20H21FN4O2/c2*1-14-10-28-11-15(8-18(23)22(28)24-14)19-9-21(30)29-13-17(4-5-20(29)25-19)27-7-6-16(12-27)26(2)3;1-24(2)16-8-9-25(13-16)20-11-21(27)26-12-15(5-7-19(26)23-20)14-4-6-18(28-3)17(22)10-14;1-27-17-4-2-13(10-16(17)21)14-3-5-18-23-19(11-20(26)25(18)12-14)24-8-6-15(22)7-9-24/h2*4-5,8-11,13,16H,6-7,12H2,1-3H3;4-7,10-12,16H,8-9,13H2,1-3H3;2-5,10-12,15H,6-9,22H2,1H3/t3*16-;/m101./s1. The zero-order valence-electron chi connectivity index (χ0n) is 65.7. The smallest absolute Gasteiger partial charge is 0.259 e. The fourth-order valence-electron chi connectivity index (χ4n) is 15.3. The topological polar surface area (TPSA) is 239 Å². The second-order valence-electron chi connectivity index (χ2n) is 30.3. The van der Waals surface area contributed by atoms with E-state index in [4.69, 9.17) is 15.2 Å². The molecule has 0 amide bonds. The van der Waals surface area contributed by atoms with Gasteiger partial charge in [0.25, 0.3) is 22.2 Å². The van der Waals surface area contributed by atoms with E-state index < -0.39 is 23.3 Å². The molecule has 4 aliphatic heterocycles. The number of nitrogens with zero attached hydrogens (tertiary/aromatic N) is 19. The number of fused-ring (bicyclic) bond motifs is 6. The number of anilines is 4. The summed E-state index contributed by atoms with van der Waals surface area (Å²) < 4.78 is 76.2. The Labute approximate surface area is 659 Å². The van der Waals surface area contributed by atoms with E-state index in [9.17, 15) is 36.7 Å². The number of aromatic nitrogens is 12. The lowest BCUT2D eigenvalue weighted by molar-refractivity contribution is 0.315. The van der Waals surface area contributed by atoms with Crippen LogP contribution in [0.25, 0.3) is 78.7 Å². The molecule has 594 valence electrons. The number of nitrogens with two attached hydrogens (primary N) is 1. The minimum Gasteiger partial charge on any atom is -0.494 e. The number of methoxy groups -OCH3 is 2. The van der Waals surface area contributed by atoms with Gasteiger partial charge < -0.3 is 58.3 Å². The van der Waals surface area contributed by atoms with Gasteiger partial charge in [-0.05, 0) is 195 Å². The monoisotopic (exact) mass is 1560 g/mol. The van der Waals surface area contributed by atoms with Crippen LogP contribution in [-0.2, 0) is 0 Å². The van der Waals surface area contributed by atoms with Gasteiger partial charge in [0.05, 0.1) is 48.4 Å². The summed E-state index contributed by atoms with van der Waals surface area (Å²) in [5.41, 5.74) is 16.2. The molecule has 0 radical (unpaired) electrons. The van der Waals surface area contributed by atoms with Gasteiger partial charge in [-0.1, -0.05) is 12.1 Å². The van der Waals surface area contributed by atoms with Crippen molar-refractivity contribution in [3.8, 4) is 56.3 Å². The second-order valence-corrected chi connectivity index (χ2v) is 30.3. The SMILES string of the molecule is COc1ccc(-c2ccc3nc(N4CCC(N)CC4)cc(=O)n3c2)cc1F.COc1ccc(-c2ccc3nc(N4CC[C@@H](N(C)C)C4)cc(=O)n3c2)cc1F.Cc1cn2cc(-c3cc(=O)n4cc(N5CC[C@@H](N(C)C)C5)ccc4n3)cc(F)c2n1.Cc1cn2cc(-c3cc(=O)n4cc(N5CC[C@H](N(C)C)C5)ccc4n3)cc(F)c2n1. The molecule has 115 heavy (non-hydrogen) atoms. The lowest BCUT2D eigenvalue weighted by Gasteiger charge is -2.31. The van der Waals surface area contributed by atoms with Crippen LogP contribution in [0.3, 0.4) is 0 Å². The van der Waals surface area contributed by atoms with E-state index >= 15 is 0 Å². The highest BCUT2D eigenvalue weighted by molar-refractivity contribution is 5.70. The molecule has 3 atom stereocenters. The molecule has 0 unspecified atom stereocenters. The number of hydrogen-bond acceptors (Lipinski definition) is 20. The van der Waals surface area contributed by atoms with Crippen LogP contribution in [0.4, 0.5) is 40.6 Å². The number of ether oxygens (including phenoxy) is 2. The van der Waals surface area contributed by atoms with E-state index in [0.29, 0.717) is 86.0 Å². The van der Waals surface area contributed by atoms with Gasteiger partial charge in [0.2, 0.25) is 0 Å². The maximum atomic E-state index is 14.5. The summed E-state index contributed by atoms with van der Waals surface area (Å²) in [5, 5.41) is 0. The third-order valence-electron chi connectivity index (χ3n) is 22.0. The molecule has 16 heterocycles. The van der Waals surface area contributed by atoms with Crippen molar-refractivity contribution in [3.05, 3.63) is 247 Å². The van der Waals surface area contributed by atoms with Crippen LogP contribution in [0.1, 0.15) is 43.5 Å². The summed E-state index contributed by atoms with van der Waals surface area (Å²) in [5.74, 6) is -0.0128. The molecule has 2 N–H and O–H groups in total. The molecule has 0 aliphatic carbocycles. The van der Waals surface area contributed by atoms with Gasteiger partial charge in [-0.3, -0.25) is 36.8 Å². The minimum absolute atomic E-state index is 0.149. The number of piperidine rings is 1. The van der Waals surface area contributed by atoms with E-state index in [2.05, 4.69) is 106 Å². The van der Waals surface area contributed by atoms with Crippen LogP contribution >= 0.6 is 0 Å². The normalized spacial score (nSPS) is 16.6. The third-order valence-corrected chi connectivity index (χ3v) is 22.0. The highest BCUT2D eigenvalue weighted by atomic mass is 19.1. The quantitative estimate of drug-likeness (QED) is 0.106. The van der Waals surface area contributed by atoms with Gasteiger partial charge in [0.1, 0.15) is 34.2 Å². The van der Waals surface area contributed by atoms with Gasteiger partial charge in [0.15, 0.2) is 46.1 Å². The van der Waals surface area contributed by atoms with Crippen LogP contribution in [0.15, 0.2) is 190 Å². The zero-order chi connectivity index (χ0) is 80.8. The lowest BCUT2D eigenvalue weighted by atomic mass is 10.1.